The fourth-order valence-electron chi connectivity index (χ4n) is 2.01. The van der Waals surface area contributed by atoms with E-state index in [1.54, 1.807) is 0 Å². The molecule has 0 saturated heterocycles. The lowest BCUT2D eigenvalue weighted by molar-refractivity contribution is -0.137. The zero-order chi connectivity index (χ0) is 10.8. The van der Waals surface area contributed by atoms with E-state index in [-0.39, 0.29) is 12.3 Å². The maximum absolute atomic E-state index is 10.6. The number of anilines is 1. The Hall–Kier alpha value is -1.51. The summed E-state index contributed by atoms with van der Waals surface area (Å²) in [4.78, 5) is 10.6. The lowest BCUT2D eigenvalue weighted by Gasteiger charge is -2.10. The second-order valence-corrected chi connectivity index (χ2v) is 4.09. The van der Waals surface area contributed by atoms with Crippen LogP contribution in [0.15, 0.2) is 18.2 Å². The Morgan fingerprint density at radius 2 is 2.40 bits per heavy atom. The van der Waals surface area contributed by atoms with Gasteiger partial charge >= 0.3 is 5.97 Å². The molecule has 0 aromatic heterocycles. The van der Waals surface area contributed by atoms with Crippen LogP contribution in [0.2, 0.25) is 0 Å². The molecule has 0 spiro atoms. The van der Waals surface area contributed by atoms with E-state index in [1.165, 1.54) is 11.3 Å². The van der Waals surface area contributed by atoms with Gasteiger partial charge in [-0.25, -0.2) is 0 Å². The molecular weight excluding hydrogens is 190 g/mol. The van der Waals surface area contributed by atoms with Crippen LogP contribution in [0.4, 0.5) is 5.69 Å². The summed E-state index contributed by atoms with van der Waals surface area (Å²) < 4.78 is 0. The van der Waals surface area contributed by atoms with Crippen LogP contribution in [-0.4, -0.2) is 17.6 Å². The van der Waals surface area contributed by atoms with Crippen LogP contribution in [0.5, 0.6) is 0 Å². The van der Waals surface area contributed by atoms with Crippen LogP contribution in [0.3, 0.4) is 0 Å². The third-order valence-electron chi connectivity index (χ3n) is 2.89. The van der Waals surface area contributed by atoms with E-state index in [4.69, 9.17) is 5.11 Å². The van der Waals surface area contributed by atoms with Gasteiger partial charge < -0.3 is 10.4 Å². The fourth-order valence-corrected chi connectivity index (χ4v) is 2.01. The van der Waals surface area contributed by atoms with Crippen LogP contribution in [0.1, 0.15) is 30.4 Å². The van der Waals surface area contributed by atoms with Crippen LogP contribution in [0.25, 0.3) is 0 Å². The summed E-state index contributed by atoms with van der Waals surface area (Å²) in [7, 11) is 0. The minimum atomic E-state index is -0.735. The lowest BCUT2D eigenvalue weighted by atomic mass is 9.95. The number of carbonyl (C=O) groups is 1. The number of carboxylic acids is 1. The predicted octanol–water partition coefficient (Wildman–Crippen LogP) is 2.23. The van der Waals surface area contributed by atoms with Crippen molar-refractivity contribution < 1.29 is 9.90 Å². The van der Waals surface area contributed by atoms with Gasteiger partial charge in [-0.3, -0.25) is 4.79 Å². The lowest BCUT2D eigenvalue weighted by Crippen LogP contribution is -2.03. The Kier molecular flexibility index (Phi) is 2.62. The second kappa shape index (κ2) is 3.93. The van der Waals surface area contributed by atoms with Gasteiger partial charge in [0, 0.05) is 12.2 Å². The van der Waals surface area contributed by atoms with Gasteiger partial charge in [-0.05, 0) is 29.5 Å². The Morgan fingerprint density at radius 3 is 3.13 bits per heavy atom. The summed E-state index contributed by atoms with van der Waals surface area (Å²) >= 11 is 0. The molecule has 0 saturated carbocycles. The average molecular weight is 205 g/mol. The molecule has 0 aliphatic carbocycles. The highest BCUT2D eigenvalue weighted by Gasteiger charge is 2.14. The summed E-state index contributed by atoms with van der Waals surface area (Å²) in [5, 5.41) is 12.0. The SMILES string of the molecule is C[C@H](CC(=O)O)c1ccc2c(c1)CCN2. The van der Waals surface area contributed by atoms with Crippen molar-refractivity contribution in [2.75, 3.05) is 11.9 Å². The third-order valence-corrected chi connectivity index (χ3v) is 2.89. The highest BCUT2D eigenvalue weighted by Crippen LogP contribution is 2.27. The second-order valence-electron chi connectivity index (χ2n) is 4.09. The molecule has 0 unspecified atom stereocenters. The molecule has 1 aliphatic heterocycles. The number of carboxylic acid groups (broad SMARTS) is 1. The van der Waals surface area contributed by atoms with Gasteiger partial charge in [0.05, 0.1) is 6.42 Å². The number of fused-ring (bicyclic) bond motifs is 1. The van der Waals surface area contributed by atoms with Crippen molar-refractivity contribution in [1.29, 1.82) is 0 Å². The molecule has 3 heteroatoms. The number of rotatable bonds is 3. The van der Waals surface area contributed by atoms with Crippen LogP contribution in [-0.2, 0) is 11.2 Å². The molecule has 2 N–H and O–H groups in total. The van der Waals surface area contributed by atoms with Crippen molar-refractivity contribution in [2.24, 2.45) is 0 Å². The maximum Gasteiger partial charge on any atom is 0.303 e. The molecule has 15 heavy (non-hydrogen) atoms. The van der Waals surface area contributed by atoms with Crippen molar-refractivity contribution in [3.05, 3.63) is 29.3 Å². The van der Waals surface area contributed by atoms with Gasteiger partial charge in [-0.15, -0.1) is 0 Å². The summed E-state index contributed by atoms with van der Waals surface area (Å²) in [6.45, 7) is 2.95. The molecule has 0 radical (unpaired) electrons. The van der Waals surface area contributed by atoms with Crippen LogP contribution >= 0.6 is 0 Å². The number of hydrogen-bond acceptors (Lipinski definition) is 2. The normalized spacial score (nSPS) is 15.5. The molecule has 1 aromatic carbocycles. The molecule has 1 aromatic rings. The summed E-state index contributed by atoms with van der Waals surface area (Å²) in [5.74, 6) is -0.644. The Morgan fingerprint density at radius 1 is 1.60 bits per heavy atom. The standard InChI is InChI=1S/C12H15NO2/c1-8(6-12(14)15)9-2-3-11-10(7-9)4-5-13-11/h2-3,7-8,13H,4-6H2,1H3,(H,14,15)/t8-/m1/s1. The fraction of sp³-hybridized carbons (Fsp3) is 0.417. The maximum atomic E-state index is 10.6. The summed E-state index contributed by atoms with van der Waals surface area (Å²) in [6.07, 6.45) is 1.25. The van der Waals surface area contributed by atoms with E-state index in [1.807, 2.05) is 13.0 Å². The molecule has 1 aliphatic rings. The first-order valence-corrected chi connectivity index (χ1v) is 5.25. The molecular formula is C12H15NO2. The van der Waals surface area contributed by atoms with Crippen molar-refractivity contribution in [1.82, 2.24) is 0 Å². The molecule has 0 bridgehead atoms. The van der Waals surface area contributed by atoms with Gasteiger partial charge in [-0.2, -0.15) is 0 Å². The van der Waals surface area contributed by atoms with Crippen LogP contribution < -0.4 is 5.32 Å². The molecule has 1 heterocycles. The Balaban J connectivity index is 2.19. The van der Waals surface area contributed by atoms with Gasteiger partial charge in [0.25, 0.3) is 0 Å². The van der Waals surface area contributed by atoms with E-state index in [0.717, 1.165) is 18.5 Å². The Labute approximate surface area is 89.1 Å². The number of benzene rings is 1. The Bertz CT molecular complexity index is 387. The van der Waals surface area contributed by atoms with E-state index in [0.29, 0.717) is 0 Å². The molecule has 1 atom stereocenters. The first kappa shape index (κ1) is 10.0. The average Bonchev–Trinajstić information content (AvgIpc) is 2.62. The minimum Gasteiger partial charge on any atom is -0.481 e. The molecule has 0 amide bonds. The van der Waals surface area contributed by atoms with Crippen molar-refractivity contribution in [3.63, 3.8) is 0 Å². The monoisotopic (exact) mass is 205 g/mol. The van der Waals surface area contributed by atoms with Gasteiger partial charge in [0.1, 0.15) is 0 Å². The summed E-state index contributed by atoms with van der Waals surface area (Å²) in [6, 6.07) is 6.20. The molecule has 2 rings (SSSR count). The first-order chi connectivity index (χ1) is 7.16. The van der Waals surface area contributed by atoms with E-state index < -0.39 is 5.97 Å². The smallest absolute Gasteiger partial charge is 0.303 e. The van der Waals surface area contributed by atoms with E-state index in [2.05, 4.69) is 17.4 Å². The predicted molar refractivity (Wildman–Crippen MR) is 59.3 cm³/mol. The van der Waals surface area contributed by atoms with Crippen LogP contribution in [0, 0.1) is 0 Å². The summed E-state index contributed by atoms with van der Waals surface area (Å²) in [5.41, 5.74) is 3.63. The van der Waals surface area contributed by atoms with Crippen molar-refractivity contribution in [3.8, 4) is 0 Å². The quantitative estimate of drug-likeness (QED) is 0.795. The van der Waals surface area contributed by atoms with Gasteiger partial charge in [0.15, 0.2) is 0 Å². The van der Waals surface area contributed by atoms with E-state index >= 15 is 0 Å². The number of hydrogen-bond donors (Lipinski definition) is 2. The highest BCUT2D eigenvalue weighted by molar-refractivity contribution is 5.68. The first-order valence-electron chi connectivity index (χ1n) is 5.25. The number of nitrogens with one attached hydrogen (secondary N) is 1. The molecule has 3 nitrogen and oxygen atoms in total. The van der Waals surface area contributed by atoms with Crippen molar-refractivity contribution >= 4 is 11.7 Å². The zero-order valence-electron chi connectivity index (χ0n) is 8.79. The molecule has 0 fully saturated rings. The molecule has 80 valence electrons. The number of aliphatic carboxylic acids is 1. The van der Waals surface area contributed by atoms with Gasteiger partial charge in [0.2, 0.25) is 0 Å². The largest absolute Gasteiger partial charge is 0.481 e. The minimum absolute atomic E-state index is 0.0911. The van der Waals surface area contributed by atoms with Crippen molar-refractivity contribution in [2.45, 2.75) is 25.7 Å². The topological polar surface area (TPSA) is 49.3 Å². The van der Waals surface area contributed by atoms with E-state index in [9.17, 15) is 4.79 Å². The van der Waals surface area contributed by atoms with Gasteiger partial charge in [-0.1, -0.05) is 19.1 Å². The third kappa shape index (κ3) is 2.12. The zero-order valence-corrected chi connectivity index (χ0v) is 8.79. The highest BCUT2D eigenvalue weighted by atomic mass is 16.4.